The lowest BCUT2D eigenvalue weighted by atomic mass is 10.5. The van der Waals surface area contributed by atoms with E-state index < -0.39 is 11.8 Å². The highest BCUT2D eigenvalue weighted by Gasteiger charge is 2.13. The van der Waals surface area contributed by atoms with Crippen molar-refractivity contribution in [2.24, 2.45) is 11.7 Å². The monoisotopic (exact) mass is 201 g/mol. The van der Waals surface area contributed by atoms with Gasteiger partial charge in [-0.15, -0.1) is 11.3 Å². The number of rotatable bonds is 2. The molecule has 0 radical (unpaired) electrons. The Hall–Kier alpha value is -1.51. The maximum absolute atomic E-state index is 10.9. The van der Waals surface area contributed by atoms with Crippen molar-refractivity contribution in [1.82, 2.24) is 15.8 Å². The van der Waals surface area contributed by atoms with Crippen molar-refractivity contribution < 1.29 is 9.59 Å². The van der Waals surface area contributed by atoms with Crippen LogP contribution in [0.25, 0.3) is 0 Å². The van der Waals surface area contributed by atoms with Crippen LogP contribution in [0.2, 0.25) is 0 Å². The van der Waals surface area contributed by atoms with Crippen molar-refractivity contribution in [1.29, 1.82) is 0 Å². The third kappa shape index (κ3) is 1.99. The topological polar surface area (TPSA) is 123 Å². The number of carbonyl (C=O) groups is 2. The molecule has 13 heavy (non-hydrogen) atoms. The number of aromatic nitrogens is 1. The Morgan fingerprint density at radius 3 is 2.46 bits per heavy atom. The summed E-state index contributed by atoms with van der Waals surface area (Å²) in [7, 11) is 0. The Morgan fingerprint density at radius 2 is 1.92 bits per heavy atom. The van der Waals surface area contributed by atoms with Gasteiger partial charge >= 0.3 is 0 Å². The van der Waals surface area contributed by atoms with Crippen molar-refractivity contribution in [3.8, 4) is 0 Å². The highest BCUT2D eigenvalue weighted by atomic mass is 32.1. The zero-order valence-corrected chi connectivity index (χ0v) is 7.22. The average Bonchev–Trinajstić information content (AvgIpc) is 2.64. The lowest BCUT2D eigenvalue weighted by molar-refractivity contribution is 0.0948. The highest BCUT2D eigenvalue weighted by molar-refractivity contribution is 7.11. The summed E-state index contributed by atoms with van der Waals surface area (Å²) in [6.07, 6.45) is 0. The molecular weight excluding hydrogens is 194 g/mol. The summed E-state index contributed by atoms with van der Waals surface area (Å²) in [5.41, 5.74) is 3.88. The molecule has 0 saturated heterocycles. The number of hydrazine groups is 2. The van der Waals surface area contributed by atoms with Crippen LogP contribution in [0.1, 0.15) is 20.3 Å². The zero-order valence-electron chi connectivity index (χ0n) is 6.40. The van der Waals surface area contributed by atoms with Gasteiger partial charge < -0.3 is 0 Å². The van der Waals surface area contributed by atoms with Gasteiger partial charge in [-0.2, -0.15) is 0 Å². The Balaban J connectivity index is 2.86. The molecule has 0 aliphatic heterocycles. The first kappa shape index (κ1) is 9.58. The van der Waals surface area contributed by atoms with Crippen molar-refractivity contribution >= 4 is 23.2 Å². The predicted molar refractivity (Wildman–Crippen MR) is 45.4 cm³/mol. The van der Waals surface area contributed by atoms with Crippen LogP contribution in [-0.2, 0) is 0 Å². The molecule has 1 aromatic rings. The Kier molecular flexibility index (Phi) is 2.90. The fraction of sp³-hybridized carbons (Fsp3) is 0. The van der Waals surface area contributed by atoms with Gasteiger partial charge in [-0.1, -0.05) is 0 Å². The SMILES string of the molecule is NNC(=O)c1csc(C(=O)NN)n1. The fourth-order valence-electron chi connectivity index (χ4n) is 0.618. The van der Waals surface area contributed by atoms with E-state index in [2.05, 4.69) is 4.98 Å². The van der Waals surface area contributed by atoms with Crippen LogP contribution in [0.5, 0.6) is 0 Å². The highest BCUT2D eigenvalue weighted by Crippen LogP contribution is 2.08. The minimum Gasteiger partial charge on any atom is -0.289 e. The van der Waals surface area contributed by atoms with Gasteiger partial charge in [-0.25, -0.2) is 16.7 Å². The van der Waals surface area contributed by atoms with Gasteiger partial charge in [0, 0.05) is 5.38 Å². The van der Waals surface area contributed by atoms with Gasteiger partial charge in [0.2, 0.25) is 0 Å². The van der Waals surface area contributed by atoms with E-state index in [-0.39, 0.29) is 10.7 Å². The first-order valence-corrected chi connectivity index (χ1v) is 4.04. The normalized spacial score (nSPS) is 9.38. The smallest absolute Gasteiger partial charge is 0.289 e. The molecule has 0 aliphatic carbocycles. The summed E-state index contributed by atoms with van der Waals surface area (Å²) in [4.78, 5) is 25.5. The van der Waals surface area contributed by atoms with Crippen molar-refractivity contribution in [3.63, 3.8) is 0 Å². The maximum Gasteiger partial charge on any atom is 0.294 e. The molecule has 0 fully saturated rings. The molecule has 1 rings (SSSR count). The second-order valence-corrected chi connectivity index (χ2v) is 2.84. The standard InChI is InChI=1S/C5H7N5O2S/c6-9-3(11)2-1-13-5(8-2)4(12)10-7/h1H,6-7H2,(H,9,11)(H,10,12). The van der Waals surface area contributed by atoms with Gasteiger partial charge in [-0.05, 0) is 0 Å². The summed E-state index contributed by atoms with van der Waals surface area (Å²) < 4.78 is 0. The molecule has 0 aromatic carbocycles. The quantitative estimate of drug-likeness (QED) is 0.259. The van der Waals surface area contributed by atoms with Crippen LogP contribution in [0.3, 0.4) is 0 Å². The van der Waals surface area contributed by atoms with Crippen LogP contribution in [0, 0.1) is 0 Å². The average molecular weight is 201 g/mol. The summed E-state index contributed by atoms with van der Waals surface area (Å²) in [6.45, 7) is 0. The molecule has 1 heterocycles. The van der Waals surface area contributed by atoms with E-state index in [9.17, 15) is 9.59 Å². The first-order chi connectivity index (χ1) is 6.19. The van der Waals surface area contributed by atoms with Crippen LogP contribution < -0.4 is 22.5 Å². The molecule has 2 amide bonds. The second-order valence-electron chi connectivity index (χ2n) is 1.98. The van der Waals surface area contributed by atoms with Crippen LogP contribution in [-0.4, -0.2) is 16.8 Å². The molecule has 0 aliphatic rings. The Morgan fingerprint density at radius 1 is 1.31 bits per heavy atom. The van der Waals surface area contributed by atoms with Gasteiger partial charge in [-0.3, -0.25) is 20.4 Å². The maximum atomic E-state index is 10.9. The number of carbonyl (C=O) groups excluding carboxylic acids is 2. The molecule has 0 atom stereocenters. The second kappa shape index (κ2) is 3.94. The molecule has 0 spiro atoms. The molecule has 0 unspecified atom stereocenters. The molecule has 7 nitrogen and oxygen atoms in total. The summed E-state index contributed by atoms with van der Waals surface area (Å²) in [5.74, 6) is 8.64. The van der Waals surface area contributed by atoms with E-state index in [0.29, 0.717) is 0 Å². The number of hydrogen-bond donors (Lipinski definition) is 4. The van der Waals surface area contributed by atoms with Crippen molar-refractivity contribution in [2.45, 2.75) is 0 Å². The van der Waals surface area contributed by atoms with E-state index in [1.54, 1.807) is 0 Å². The third-order valence-electron chi connectivity index (χ3n) is 1.19. The number of hydrogen-bond acceptors (Lipinski definition) is 6. The number of amides is 2. The number of nitrogens with one attached hydrogen (secondary N) is 2. The molecule has 1 aromatic heterocycles. The lowest BCUT2D eigenvalue weighted by Gasteiger charge is -1.92. The summed E-state index contributed by atoms with van der Waals surface area (Å²) in [5, 5.41) is 1.52. The number of thiazole rings is 1. The Bertz CT molecular complexity index is 305. The molecule has 6 N–H and O–H groups in total. The first-order valence-electron chi connectivity index (χ1n) is 3.16. The minimum atomic E-state index is -0.549. The van der Waals surface area contributed by atoms with Gasteiger partial charge in [0.05, 0.1) is 0 Å². The minimum absolute atomic E-state index is 0.0890. The van der Waals surface area contributed by atoms with Crippen LogP contribution in [0.4, 0.5) is 0 Å². The number of nitrogens with two attached hydrogens (primary N) is 2. The van der Waals surface area contributed by atoms with E-state index in [1.165, 1.54) is 5.38 Å². The largest absolute Gasteiger partial charge is 0.294 e. The number of nitrogen functional groups attached to an aromatic ring is 2. The van der Waals surface area contributed by atoms with Crippen LogP contribution >= 0.6 is 11.3 Å². The van der Waals surface area contributed by atoms with Crippen molar-refractivity contribution in [3.05, 3.63) is 16.1 Å². The van der Waals surface area contributed by atoms with E-state index in [4.69, 9.17) is 11.7 Å². The molecule has 8 heteroatoms. The molecule has 0 bridgehead atoms. The fourth-order valence-corrected chi connectivity index (χ4v) is 1.32. The van der Waals surface area contributed by atoms with Gasteiger partial charge in [0.1, 0.15) is 5.69 Å². The van der Waals surface area contributed by atoms with Gasteiger partial charge in [0.25, 0.3) is 11.8 Å². The number of nitrogens with zero attached hydrogens (tertiary/aromatic N) is 1. The molecule has 0 saturated carbocycles. The zero-order chi connectivity index (χ0) is 9.84. The predicted octanol–water partition coefficient (Wildman–Crippen LogP) is -1.65. The molecule has 70 valence electrons. The van der Waals surface area contributed by atoms with E-state index in [1.807, 2.05) is 10.9 Å². The third-order valence-corrected chi connectivity index (χ3v) is 2.03. The van der Waals surface area contributed by atoms with Gasteiger partial charge in [0.15, 0.2) is 5.01 Å². The summed E-state index contributed by atoms with van der Waals surface area (Å²) in [6, 6.07) is 0. The van der Waals surface area contributed by atoms with E-state index >= 15 is 0 Å². The van der Waals surface area contributed by atoms with Crippen LogP contribution in [0.15, 0.2) is 5.38 Å². The Labute approximate surface area is 77.1 Å². The van der Waals surface area contributed by atoms with E-state index in [0.717, 1.165) is 11.3 Å². The molecular formula is C5H7N5O2S. The lowest BCUT2D eigenvalue weighted by Crippen LogP contribution is -2.31. The van der Waals surface area contributed by atoms with Crippen molar-refractivity contribution in [2.75, 3.05) is 0 Å². The summed E-state index contributed by atoms with van der Waals surface area (Å²) >= 11 is 1.01.